The molecule has 4 nitrogen and oxygen atoms in total. The zero-order valence-corrected chi connectivity index (χ0v) is 15.0. The van der Waals surface area contributed by atoms with Crippen LogP contribution in [0.2, 0.25) is 0 Å². The van der Waals surface area contributed by atoms with E-state index < -0.39 is 5.60 Å². The largest absolute Gasteiger partial charge is 0.496 e. The van der Waals surface area contributed by atoms with Gasteiger partial charge in [0.1, 0.15) is 11.4 Å². The Morgan fingerprint density at radius 2 is 2.08 bits per heavy atom. The Morgan fingerprint density at radius 3 is 2.75 bits per heavy atom. The van der Waals surface area contributed by atoms with Crippen molar-refractivity contribution in [2.24, 2.45) is 0 Å². The van der Waals surface area contributed by atoms with Crippen molar-refractivity contribution in [3.05, 3.63) is 63.9 Å². The molecule has 2 aromatic rings. The Bertz CT molecular complexity index is 705. The summed E-state index contributed by atoms with van der Waals surface area (Å²) >= 11 is 1.47. The molecule has 0 aliphatic carbocycles. The zero-order chi connectivity index (χ0) is 17.6. The average molecular weight is 345 g/mol. The van der Waals surface area contributed by atoms with Crippen molar-refractivity contribution in [1.29, 1.82) is 0 Å². The van der Waals surface area contributed by atoms with Crippen LogP contribution in [0, 0.1) is 0 Å². The summed E-state index contributed by atoms with van der Waals surface area (Å²) < 4.78 is 5.33. The number of amides is 1. The molecule has 0 aliphatic rings. The van der Waals surface area contributed by atoms with Crippen LogP contribution < -0.4 is 10.1 Å². The summed E-state index contributed by atoms with van der Waals surface area (Å²) in [6.45, 7) is 3.78. The van der Waals surface area contributed by atoms with Gasteiger partial charge in [-0.3, -0.25) is 4.79 Å². The standard InChI is InChI=1S/C19H23NO3S/c1-14(11-15-7-4-5-8-16(15)23-3)12-18(21)20-13-19(2,22)17-9-6-10-24-17/h4-10,12,22H,11,13H2,1-3H3,(H,20,21). The van der Waals surface area contributed by atoms with Crippen LogP contribution in [-0.2, 0) is 16.8 Å². The van der Waals surface area contributed by atoms with Gasteiger partial charge < -0.3 is 15.2 Å². The van der Waals surface area contributed by atoms with Gasteiger partial charge in [0.25, 0.3) is 0 Å². The third-order valence-corrected chi connectivity index (χ3v) is 4.82. The lowest BCUT2D eigenvalue weighted by Crippen LogP contribution is -2.37. The molecule has 2 rings (SSSR count). The molecule has 1 amide bonds. The molecular formula is C19H23NO3S. The van der Waals surface area contributed by atoms with Gasteiger partial charge in [-0.15, -0.1) is 11.3 Å². The van der Waals surface area contributed by atoms with Crippen molar-refractivity contribution in [1.82, 2.24) is 5.32 Å². The molecule has 0 spiro atoms. The lowest BCUT2D eigenvalue weighted by Gasteiger charge is -2.21. The number of aliphatic hydroxyl groups is 1. The minimum atomic E-state index is -1.06. The van der Waals surface area contributed by atoms with E-state index in [2.05, 4.69) is 5.32 Å². The van der Waals surface area contributed by atoms with E-state index >= 15 is 0 Å². The summed E-state index contributed by atoms with van der Waals surface area (Å²) in [5.41, 5.74) is 0.897. The lowest BCUT2D eigenvalue weighted by molar-refractivity contribution is -0.117. The number of hydrogen-bond acceptors (Lipinski definition) is 4. The Balaban J connectivity index is 1.94. The van der Waals surface area contributed by atoms with Gasteiger partial charge in [0.05, 0.1) is 13.7 Å². The van der Waals surface area contributed by atoms with E-state index in [-0.39, 0.29) is 12.5 Å². The number of para-hydroxylation sites is 1. The highest BCUT2D eigenvalue weighted by atomic mass is 32.1. The number of ether oxygens (including phenoxy) is 1. The summed E-state index contributed by atoms with van der Waals surface area (Å²) in [6.07, 6.45) is 2.20. The minimum Gasteiger partial charge on any atom is -0.496 e. The second-order valence-corrected chi connectivity index (χ2v) is 6.90. The molecule has 128 valence electrons. The molecule has 0 aliphatic heterocycles. The van der Waals surface area contributed by atoms with Crippen molar-refractivity contribution < 1.29 is 14.6 Å². The first-order valence-electron chi connectivity index (χ1n) is 7.75. The highest BCUT2D eigenvalue weighted by molar-refractivity contribution is 7.10. The molecule has 1 aromatic carbocycles. The molecule has 0 saturated carbocycles. The number of thiophene rings is 1. The number of rotatable bonds is 7. The van der Waals surface area contributed by atoms with Crippen LogP contribution in [0.1, 0.15) is 24.3 Å². The molecule has 1 aromatic heterocycles. The number of benzene rings is 1. The Hall–Kier alpha value is -2.11. The van der Waals surface area contributed by atoms with E-state index in [4.69, 9.17) is 4.74 Å². The van der Waals surface area contributed by atoms with Crippen LogP contribution in [0.25, 0.3) is 0 Å². The van der Waals surface area contributed by atoms with Gasteiger partial charge in [0.2, 0.25) is 5.91 Å². The molecule has 5 heteroatoms. The first-order valence-corrected chi connectivity index (χ1v) is 8.63. The van der Waals surface area contributed by atoms with E-state index in [9.17, 15) is 9.90 Å². The van der Waals surface area contributed by atoms with Crippen molar-refractivity contribution >= 4 is 17.2 Å². The number of carbonyl (C=O) groups excluding carboxylic acids is 1. The maximum Gasteiger partial charge on any atom is 0.244 e. The summed E-state index contributed by atoms with van der Waals surface area (Å²) in [7, 11) is 1.64. The molecule has 0 radical (unpaired) electrons. The minimum absolute atomic E-state index is 0.171. The fourth-order valence-electron chi connectivity index (χ4n) is 2.41. The first-order chi connectivity index (χ1) is 11.4. The second-order valence-electron chi connectivity index (χ2n) is 5.95. The van der Waals surface area contributed by atoms with Crippen LogP contribution in [0.15, 0.2) is 53.4 Å². The number of nitrogens with one attached hydrogen (secondary N) is 1. The number of hydrogen-bond donors (Lipinski definition) is 2. The molecular weight excluding hydrogens is 322 g/mol. The normalized spacial score (nSPS) is 14.1. The second kappa shape index (κ2) is 8.13. The number of allylic oxidation sites excluding steroid dienone is 1. The third kappa shape index (κ3) is 4.94. The zero-order valence-electron chi connectivity index (χ0n) is 14.2. The summed E-state index contributed by atoms with van der Waals surface area (Å²) in [4.78, 5) is 12.9. The maximum absolute atomic E-state index is 12.1. The molecule has 24 heavy (non-hydrogen) atoms. The average Bonchev–Trinajstić information content (AvgIpc) is 3.09. The Kier molecular flexibility index (Phi) is 6.17. The van der Waals surface area contributed by atoms with Gasteiger partial charge in [-0.05, 0) is 43.3 Å². The third-order valence-electron chi connectivity index (χ3n) is 3.70. The number of carbonyl (C=O) groups is 1. The van der Waals surface area contributed by atoms with Crippen molar-refractivity contribution in [2.45, 2.75) is 25.9 Å². The lowest BCUT2D eigenvalue weighted by atomic mass is 10.0. The quantitative estimate of drug-likeness (QED) is 0.757. The van der Waals surface area contributed by atoms with E-state index in [1.54, 1.807) is 20.1 Å². The predicted octanol–water partition coefficient (Wildman–Crippen LogP) is 3.27. The highest BCUT2D eigenvalue weighted by Gasteiger charge is 2.24. The van der Waals surface area contributed by atoms with Gasteiger partial charge >= 0.3 is 0 Å². The summed E-state index contributed by atoms with van der Waals surface area (Å²) in [5.74, 6) is 0.602. The number of methoxy groups -OCH3 is 1. The van der Waals surface area contributed by atoms with Gasteiger partial charge in [0, 0.05) is 11.0 Å². The smallest absolute Gasteiger partial charge is 0.244 e. The SMILES string of the molecule is COc1ccccc1CC(C)=CC(=O)NCC(C)(O)c1cccs1. The molecule has 1 unspecified atom stereocenters. The Labute approximate surface area is 146 Å². The van der Waals surface area contributed by atoms with Crippen molar-refractivity contribution in [3.63, 3.8) is 0 Å². The molecule has 1 heterocycles. The van der Waals surface area contributed by atoms with E-state index in [0.29, 0.717) is 6.42 Å². The monoisotopic (exact) mass is 345 g/mol. The fourth-order valence-corrected chi connectivity index (χ4v) is 3.19. The van der Waals surface area contributed by atoms with E-state index in [1.807, 2.05) is 48.7 Å². The van der Waals surface area contributed by atoms with Crippen molar-refractivity contribution in [3.8, 4) is 5.75 Å². The summed E-state index contributed by atoms with van der Waals surface area (Å²) in [6, 6.07) is 11.5. The van der Waals surface area contributed by atoms with E-state index in [1.165, 1.54) is 11.3 Å². The van der Waals surface area contributed by atoms with Crippen LogP contribution >= 0.6 is 11.3 Å². The van der Waals surface area contributed by atoms with Gasteiger partial charge in [-0.1, -0.05) is 29.8 Å². The molecule has 0 saturated heterocycles. The molecule has 0 bridgehead atoms. The van der Waals surface area contributed by atoms with Crippen LogP contribution in [0.3, 0.4) is 0 Å². The maximum atomic E-state index is 12.1. The van der Waals surface area contributed by atoms with E-state index in [0.717, 1.165) is 21.8 Å². The van der Waals surface area contributed by atoms with Crippen molar-refractivity contribution in [2.75, 3.05) is 13.7 Å². The van der Waals surface area contributed by atoms with Gasteiger partial charge in [0.15, 0.2) is 0 Å². The molecule has 2 N–H and O–H groups in total. The first kappa shape index (κ1) is 18.2. The van der Waals surface area contributed by atoms with Crippen LogP contribution in [-0.4, -0.2) is 24.7 Å². The highest BCUT2D eigenvalue weighted by Crippen LogP contribution is 2.24. The topological polar surface area (TPSA) is 58.6 Å². The molecule has 1 atom stereocenters. The van der Waals surface area contributed by atoms with Gasteiger partial charge in [-0.25, -0.2) is 0 Å². The molecule has 0 fully saturated rings. The van der Waals surface area contributed by atoms with Crippen LogP contribution in [0.4, 0.5) is 0 Å². The van der Waals surface area contributed by atoms with Gasteiger partial charge in [-0.2, -0.15) is 0 Å². The Morgan fingerprint density at radius 1 is 1.33 bits per heavy atom. The summed E-state index contributed by atoms with van der Waals surface area (Å²) in [5, 5.41) is 15.1. The predicted molar refractivity (Wildman–Crippen MR) is 97.4 cm³/mol. The van der Waals surface area contributed by atoms with Crippen LogP contribution in [0.5, 0.6) is 5.75 Å². The fraction of sp³-hybridized carbons (Fsp3) is 0.316.